The third-order valence-electron chi connectivity index (χ3n) is 5.47. The number of ether oxygens (including phenoxy) is 1. The minimum absolute atomic E-state index is 0.0754. The quantitative estimate of drug-likeness (QED) is 0.387. The number of hydrogen-bond donors (Lipinski definition) is 3. The van der Waals surface area contributed by atoms with Gasteiger partial charge in [0, 0.05) is 35.8 Å². The van der Waals surface area contributed by atoms with E-state index in [2.05, 4.69) is 16.7 Å². The molecule has 1 aromatic carbocycles. The van der Waals surface area contributed by atoms with E-state index in [4.69, 9.17) is 21.0 Å². The van der Waals surface area contributed by atoms with Gasteiger partial charge in [0.05, 0.1) is 0 Å². The third-order valence-corrected chi connectivity index (χ3v) is 5.47. The number of carbonyl (C=O) groups excluding carboxylic acids is 1. The molecule has 0 aromatic heterocycles. The Kier molecular flexibility index (Phi) is 7.23. The topological polar surface area (TPSA) is 117 Å². The van der Waals surface area contributed by atoms with E-state index in [0.717, 1.165) is 37.8 Å². The van der Waals surface area contributed by atoms with Crippen LogP contribution in [0.15, 0.2) is 18.2 Å². The predicted octanol–water partition coefficient (Wildman–Crippen LogP) is 3.07. The number of benzene rings is 1. The molecule has 2 unspecified atom stereocenters. The molecule has 10 heteroatoms. The molecule has 2 aliphatic rings. The second kappa shape index (κ2) is 9.25. The number of rotatable bonds is 5. The van der Waals surface area contributed by atoms with Crippen LogP contribution in [0.5, 0.6) is 5.75 Å². The number of fused-ring (bicyclic) bond motifs is 2. The number of nitrogen functional groups attached to an aromatic ring is 1. The molecule has 4 N–H and O–H groups in total. The molecule has 3 rings (SSSR count). The highest BCUT2D eigenvalue weighted by Crippen LogP contribution is 2.39. The Morgan fingerprint density at radius 1 is 1.34 bits per heavy atom. The van der Waals surface area contributed by atoms with E-state index < -0.39 is 12.1 Å². The molecule has 2 saturated heterocycles. The summed E-state index contributed by atoms with van der Waals surface area (Å²) in [7, 11) is 2.12. The van der Waals surface area contributed by atoms with Crippen LogP contribution in [-0.4, -0.2) is 53.5 Å². The summed E-state index contributed by atoms with van der Waals surface area (Å²) in [5.41, 5.74) is 5.54. The van der Waals surface area contributed by atoms with E-state index >= 15 is 0 Å². The molecular weight excluding hydrogens is 391 g/mol. The number of Topliss-reactive ketones (excluding diaryl/α,β-unsaturated/α-hetero) is 1. The number of nitrogens with zero attached hydrogens (tertiary/aromatic N) is 1. The van der Waals surface area contributed by atoms with Gasteiger partial charge in [0.2, 0.25) is 0 Å². The number of nitrogens with one attached hydrogen (secondary N) is 1. The van der Waals surface area contributed by atoms with Gasteiger partial charge in [-0.05, 0) is 50.8 Å². The largest absolute Gasteiger partial charge is 0.573 e. The van der Waals surface area contributed by atoms with Crippen LogP contribution < -0.4 is 10.5 Å². The molecule has 29 heavy (non-hydrogen) atoms. The lowest BCUT2D eigenvalue weighted by Crippen LogP contribution is -2.40. The number of alkyl halides is 3. The number of hydrogen-bond acceptors (Lipinski definition) is 6. The summed E-state index contributed by atoms with van der Waals surface area (Å²) < 4.78 is 40.6. The standard InChI is InChI=1S/C18H22F3N3O2.CH2O2/c1-24-11-2-3-12(24)7-10(6-11)8-16(25)17(23)14-5-4-13(9-15(14)22)26-18(19,20)21;2-1-3/h4-5,9-12,23H,2-3,6-8,22H2,1H3;1H,(H,2,3). The summed E-state index contributed by atoms with van der Waals surface area (Å²) in [5, 5.41) is 15.0. The van der Waals surface area contributed by atoms with Crippen molar-refractivity contribution in [2.75, 3.05) is 12.8 Å². The van der Waals surface area contributed by atoms with E-state index in [-0.39, 0.29) is 41.6 Å². The Labute approximate surface area is 166 Å². The Bertz CT molecular complexity index is 756. The number of halogens is 3. The molecule has 2 aliphatic heterocycles. The Morgan fingerprint density at radius 2 is 1.90 bits per heavy atom. The van der Waals surface area contributed by atoms with E-state index in [1.165, 1.54) is 6.07 Å². The zero-order valence-electron chi connectivity index (χ0n) is 15.9. The normalized spacial score (nSPS) is 23.7. The lowest BCUT2D eigenvalue weighted by atomic mass is 9.85. The van der Waals surface area contributed by atoms with Crippen LogP contribution >= 0.6 is 0 Å². The van der Waals surface area contributed by atoms with Gasteiger partial charge in [-0.2, -0.15) is 0 Å². The van der Waals surface area contributed by atoms with Crippen molar-refractivity contribution in [1.29, 1.82) is 5.41 Å². The maximum Gasteiger partial charge on any atom is 0.573 e. The molecule has 0 aliphatic carbocycles. The van der Waals surface area contributed by atoms with Crippen molar-refractivity contribution < 1.29 is 32.6 Å². The highest BCUT2D eigenvalue weighted by molar-refractivity contribution is 6.46. The second-order valence-corrected chi connectivity index (χ2v) is 7.29. The molecule has 2 atom stereocenters. The summed E-state index contributed by atoms with van der Waals surface area (Å²) in [6, 6.07) is 4.29. The van der Waals surface area contributed by atoms with Gasteiger partial charge in [-0.25, -0.2) is 0 Å². The van der Waals surface area contributed by atoms with Gasteiger partial charge >= 0.3 is 6.36 Å². The van der Waals surface area contributed by atoms with Crippen LogP contribution in [0.1, 0.15) is 37.7 Å². The van der Waals surface area contributed by atoms with Crippen LogP contribution in [0.25, 0.3) is 0 Å². The maximum absolute atomic E-state index is 12.5. The molecular formula is C19H24F3N3O4. The molecule has 2 fully saturated rings. The third kappa shape index (κ3) is 5.93. The lowest BCUT2D eigenvalue weighted by molar-refractivity contribution is -0.274. The van der Waals surface area contributed by atoms with Crippen LogP contribution in [0, 0.1) is 11.3 Å². The van der Waals surface area contributed by atoms with E-state index in [0.29, 0.717) is 12.1 Å². The Hall–Kier alpha value is -2.62. The minimum atomic E-state index is -4.81. The van der Waals surface area contributed by atoms with Gasteiger partial charge in [-0.1, -0.05) is 0 Å². The van der Waals surface area contributed by atoms with Crippen molar-refractivity contribution in [3.8, 4) is 5.75 Å². The van der Waals surface area contributed by atoms with E-state index in [1.54, 1.807) is 0 Å². The summed E-state index contributed by atoms with van der Waals surface area (Å²) >= 11 is 0. The predicted molar refractivity (Wildman–Crippen MR) is 100.0 cm³/mol. The number of carboxylic acid groups (broad SMARTS) is 1. The van der Waals surface area contributed by atoms with Crippen LogP contribution in [0.2, 0.25) is 0 Å². The van der Waals surface area contributed by atoms with Crippen molar-refractivity contribution in [2.24, 2.45) is 5.92 Å². The molecule has 0 saturated carbocycles. The molecule has 1 aromatic rings. The Morgan fingerprint density at radius 3 is 2.38 bits per heavy atom. The second-order valence-electron chi connectivity index (χ2n) is 7.29. The number of nitrogens with two attached hydrogens (primary N) is 1. The van der Waals surface area contributed by atoms with Crippen molar-refractivity contribution in [3.63, 3.8) is 0 Å². The fourth-order valence-electron chi connectivity index (χ4n) is 4.17. The first-order chi connectivity index (χ1) is 13.6. The SMILES string of the molecule is CN1C2CCC1CC(CC(=O)C(=N)c1ccc(OC(F)(F)F)cc1N)C2.O=CO. The maximum atomic E-state index is 12.5. The van der Waals surface area contributed by atoms with Crippen molar-refractivity contribution in [1.82, 2.24) is 4.90 Å². The van der Waals surface area contributed by atoms with Gasteiger partial charge < -0.3 is 20.5 Å². The monoisotopic (exact) mass is 415 g/mol. The van der Waals surface area contributed by atoms with Crippen molar-refractivity contribution in [2.45, 2.75) is 50.6 Å². The van der Waals surface area contributed by atoms with Crippen LogP contribution in [0.4, 0.5) is 18.9 Å². The summed E-state index contributed by atoms with van der Waals surface area (Å²) in [6.45, 7) is -0.250. The summed E-state index contributed by atoms with van der Waals surface area (Å²) in [6.07, 6.45) is -0.349. The Balaban J connectivity index is 0.000000941. The average molecular weight is 415 g/mol. The molecule has 7 nitrogen and oxygen atoms in total. The smallest absolute Gasteiger partial charge is 0.483 e. The first kappa shape index (κ1) is 22.7. The summed E-state index contributed by atoms with van der Waals surface area (Å²) in [4.78, 5) is 23.2. The van der Waals surface area contributed by atoms with Crippen molar-refractivity contribution in [3.05, 3.63) is 23.8 Å². The minimum Gasteiger partial charge on any atom is -0.483 e. The molecule has 0 amide bonds. The number of carbonyl (C=O) groups is 2. The zero-order valence-corrected chi connectivity index (χ0v) is 15.9. The van der Waals surface area contributed by atoms with E-state index in [1.807, 2.05) is 0 Å². The van der Waals surface area contributed by atoms with E-state index in [9.17, 15) is 18.0 Å². The average Bonchev–Trinajstić information content (AvgIpc) is 2.82. The first-order valence-electron chi connectivity index (χ1n) is 9.12. The first-order valence-corrected chi connectivity index (χ1v) is 9.12. The van der Waals surface area contributed by atoms with Crippen LogP contribution in [-0.2, 0) is 9.59 Å². The van der Waals surface area contributed by atoms with Gasteiger partial charge in [0.25, 0.3) is 6.47 Å². The van der Waals surface area contributed by atoms with Crippen molar-refractivity contribution >= 4 is 23.7 Å². The molecule has 160 valence electrons. The zero-order chi connectivity index (χ0) is 21.8. The highest BCUT2D eigenvalue weighted by atomic mass is 19.4. The molecule has 2 heterocycles. The number of piperidine rings is 1. The van der Waals surface area contributed by atoms with Gasteiger partial charge in [0.1, 0.15) is 11.5 Å². The highest BCUT2D eigenvalue weighted by Gasteiger charge is 2.39. The molecule has 0 spiro atoms. The fourth-order valence-corrected chi connectivity index (χ4v) is 4.17. The van der Waals surface area contributed by atoms with Gasteiger partial charge in [-0.15, -0.1) is 13.2 Å². The lowest BCUT2D eigenvalue weighted by Gasteiger charge is -2.36. The van der Waals surface area contributed by atoms with Gasteiger partial charge in [-0.3, -0.25) is 15.0 Å². The molecule has 2 bridgehead atoms. The van der Waals surface area contributed by atoms with Gasteiger partial charge in [0.15, 0.2) is 5.78 Å². The van der Waals surface area contributed by atoms with Crippen LogP contribution in [0.3, 0.4) is 0 Å². The fraction of sp³-hybridized carbons (Fsp3) is 0.526. The summed E-state index contributed by atoms with van der Waals surface area (Å²) in [5.74, 6) is -0.549. The number of anilines is 1. The number of ketones is 1. The molecule has 0 radical (unpaired) electrons.